The molecule has 11 heavy (non-hydrogen) atoms. The van der Waals surface area contributed by atoms with Crippen molar-refractivity contribution in [1.29, 1.82) is 0 Å². The zero-order chi connectivity index (χ0) is 8.27. The topological polar surface area (TPSA) is 88.2 Å². The van der Waals surface area contributed by atoms with Gasteiger partial charge in [0, 0.05) is 6.20 Å². The van der Waals surface area contributed by atoms with E-state index in [-0.39, 0.29) is 0 Å². The van der Waals surface area contributed by atoms with Gasteiger partial charge in [-0.1, -0.05) is 5.21 Å². The minimum Gasteiger partial charge on any atom is -0.480 e. The van der Waals surface area contributed by atoms with E-state index in [4.69, 9.17) is 10.2 Å². The van der Waals surface area contributed by atoms with Crippen molar-refractivity contribution in [3.63, 3.8) is 0 Å². The van der Waals surface area contributed by atoms with E-state index in [1.807, 2.05) is 0 Å². The number of carboxylic acid groups (broad SMARTS) is 1. The Morgan fingerprint density at radius 2 is 2.45 bits per heavy atom. The molecule has 0 aliphatic carbocycles. The Kier molecular flexibility index (Phi) is 2.17. The standard InChI is InChI=1S/C5H7N3O3/c9-3-4(5(10)11)8-2-1-6-7-8/h1-2,4,9H,3H2,(H,10,11). The molecule has 2 N–H and O–H groups in total. The molecule has 1 unspecified atom stereocenters. The molecule has 1 aromatic rings. The van der Waals surface area contributed by atoms with Crippen LogP contribution in [0.4, 0.5) is 0 Å². The summed E-state index contributed by atoms with van der Waals surface area (Å²) in [6.07, 6.45) is 2.74. The number of aliphatic hydroxyl groups is 1. The molecule has 0 aromatic carbocycles. The van der Waals surface area contributed by atoms with E-state index in [1.54, 1.807) is 0 Å². The van der Waals surface area contributed by atoms with Crippen LogP contribution in [-0.2, 0) is 4.79 Å². The lowest BCUT2D eigenvalue weighted by Gasteiger charge is -2.06. The van der Waals surface area contributed by atoms with Crippen LogP contribution in [0.3, 0.4) is 0 Å². The van der Waals surface area contributed by atoms with Gasteiger partial charge in [-0.05, 0) is 0 Å². The van der Waals surface area contributed by atoms with Gasteiger partial charge in [0.2, 0.25) is 0 Å². The maximum absolute atomic E-state index is 10.4. The van der Waals surface area contributed by atoms with Crippen molar-refractivity contribution < 1.29 is 15.0 Å². The first-order valence-electron chi connectivity index (χ1n) is 2.95. The van der Waals surface area contributed by atoms with Crippen LogP contribution >= 0.6 is 0 Å². The summed E-state index contributed by atoms with van der Waals surface area (Å²) < 4.78 is 1.09. The van der Waals surface area contributed by atoms with Crippen LogP contribution in [0.1, 0.15) is 6.04 Å². The molecule has 0 amide bonds. The predicted octanol–water partition coefficient (Wildman–Crippen LogP) is -1.10. The molecule has 0 spiro atoms. The van der Waals surface area contributed by atoms with E-state index in [2.05, 4.69) is 10.3 Å². The van der Waals surface area contributed by atoms with Gasteiger partial charge in [0.05, 0.1) is 12.8 Å². The summed E-state index contributed by atoms with van der Waals surface area (Å²) in [5, 5.41) is 23.9. The van der Waals surface area contributed by atoms with E-state index in [9.17, 15) is 4.79 Å². The smallest absolute Gasteiger partial charge is 0.330 e. The minimum atomic E-state index is -1.13. The summed E-state index contributed by atoms with van der Waals surface area (Å²) in [4.78, 5) is 10.4. The Labute approximate surface area is 62.1 Å². The Bertz CT molecular complexity index is 233. The van der Waals surface area contributed by atoms with Crippen LogP contribution < -0.4 is 0 Å². The van der Waals surface area contributed by atoms with E-state index in [1.165, 1.54) is 12.4 Å². The van der Waals surface area contributed by atoms with Crippen molar-refractivity contribution in [3.8, 4) is 0 Å². The third-order valence-corrected chi connectivity index (χ3v) is 1.22. The summed E-state index contributed by atoms with van der Waals surface area (Å²) >= 11 is 0. The molecule has 0 fully saturated rings. The molecule has 6 nitrogen and oxygen atoms in total. The summed E-state index contributed by atoms with van der Waals surface area (Å²) in [7, 11) is 0. The average Bonchev–Trinajstić information content (AvgIpc) is 2.40. The highest BCUT2D eigenvalue weighted by molar-refractivity contribution is 5.71. The number of carboxylic acids is 1. The van der Waals surface area contributed by atoms with Crippen LogP contribution in [-0.4, -0.2) is 37.8 Å². The van der Waals surface area contributed by atoms with E-state index in [0.29, 0.717) is 0 Å². The molecule has 0 aliphatic heterocycles. The van der Waals surface area contributed by atoms with Gasteiger partial charge in [-0.2, -0.15) is 0 Å². The van der Waals surface area contributed by atoms with Crippen LogP contribution in [0.2, 0.25) is 0 Å². The molecule has 0 radical (unpaired) electrons. The summed E-state index contributed by atoms with van der Waals surface area (Å²) in [6, 6.07) is -1.03. The summed E-state index contributed by atoms with van der Waals surface area (Å²) in [5.41, 5.74) is 0. The SMILES string of the molecule is O=C(O)C(CO)n1ccnn1. The van der Waals surface area contributed by atoms with Gasteiger partial charge in [0.15, 0.2) is 6.04 Å². The first-order chi connectivity index (χ1) is 5.25. The fourth-order valence-corrected chi connectivity index (χ4v) is 0.659. The maximum Gasteiger partial charge on any atom is 0.330 e. The largest absolute Gasteiger partial charge is 0.480 e. The zero-order valence-corrected chi connectivity index (χ0v) is 5.58. The summed E-state index contributed by atoms with van der Waals surface area (Å²) in [5.74, 6) is -1.13. The third-order valence-electron chi connectivity index (χ3n) is 1.22. The summed E-state index contributed by atoms with van der Waals surface area (Å²) in [6.45, 7) is -0.487. The second-order valence-electron chi connectivity index (χ2n) is 1.92. The lowest BCUT2D eigenvalue weighted by molar-refractivity contribution is -0.142. The molecule has 1 heterocycles. The maximum atomic E-state index is 10.4. The third kappa shape index (κ3) is 1.53. The number of aliphatic carboxylic acids is 1. The second kappa shape index (κ2) is 3.11. The Hall–Kier alpha value is -1.43. The normalized spacial score (nSPS) is 12.8. The van der Waals surface area contributed by atoms with Gasteiger partial charge < -0.3 is 10.2 Å². The lowest BCUT2D eigenvalue weighted by Crippen LogP contribution is -2.23. The second-order valence-corrected chi connectivity index (χ2v) is 1.92. The van der Waals surface area contributed by atoms with Crippen molar-refractivity contribution in [1.82, 2.24) is 15.0 Å². The fraction of sp³-hybridized carbons (Fsp3) is 0.400. The van der Waals surface area contributed by atoms with Crippen LogP contribution in [0.15, 0.2) is 12.4 Å². The molecular weight excluding hydrogens is 150 g/mol. The Morgan fingerprint density at radius 1 is 1.73 bits per heavy atom. The average molecular weight is 157 g/mol. The monoisotopic (exact) mass is 157 g/mol. The van der Waals surface area contributed by atoms with Crippen molar-refractivity contribution in [2.45, 2.75) is 6.04 Å². The molecule has 0 bridgehead atoms. The van der Waals surface area contributed by atoms with Gasteiger partial charge in [0.1, 0.15) is 0 Å². The molecule has 0 saturated carbocycles. The van der Waals surface area contributed by atoms with E-state index >= 15 is 0 Å². The predicted molar refractivity (Wildman–Crippen MR) is 33.8 cm³/mol. The van der Waals surface area contributed by atoms with Crippen molar-refractivity contribution >= 4 is 5.97 Å². The number of nitrogens with zero attached hydrogens (tertiary/aromatic N) is 3. The highest BCUT2D eigenvalue weighted by Crippen LogP contribution is 2.01. The first kappa shape index (κ1) is 7.67. The molecular formula is C5H7N3O3. The Morgan fingerprint density at radius 3 is 2.82 bits per heavy atom. The van der Waals surface area contributed by atoms with Gasteiger partial charge in [-0.3, -0.25) is 0 Å². The molecule has 1 atom stereocenters. The van der Waals surface area contributed by atoms with Crippen LogP contribution in [0.25, 0.3) is 0 Å². The van der Waals surface area contributed by atoms with Crippen molar-refractivity contribution in [3.05, 3.63) is 12.4 Å². The quantitative estimate of drug-likeness (QED) is 0.581. The minimum absolute atomic E-state index is 0.487. The highest BCUT2D eigenvalue weighted by atomic mass is 16.4. The molecule has 60 valence electrons. The molecule has 1 rings (SSSR count). The first-order valence-corrected chi connectivity index (χ1v) is 2.95. The van der Waals surface area contributed by atoms with Gasteiger partial charge in [-0.15, -0.1) is 5.10 Å². The van der Waals surface area contributed by atoms with Gasteiger partial charge in [0.25, 0.3) is 0 Å². The lowest BCUT2D eigenvalue weighted by atomic mass is 10.3. The van der Waals surface area contributed by atoms with Crippen LogP contribution in [0, 0.1) is 0 Å². The molecule has 1 aromatic heterocycles. The number of carbonyl (C=O) groups is 1. The number of aliphatic hydroxyl groups excluding tert-OH is 1. The van der Waals surface area contributed by atoms with E-state index in [0.717, 1.165) is 4.68 Å². The number of rotatable bonds is 3. The molecule has 0 aliphatic rings. The van der Waals surface area contributed by atoms with E-state index < -0.39 is 18.6 Å². The number of hydrogen-bond acceptors (Lipinski definition) is 4. The van der Waals surface area contributed by atoms with Crippen molar-refractivity contribution in [2.75, 3.05) is 6.61 Å². The molecule has 6 heteroatoms. The zero-order valence-electron chi connectivity index (χ0n) is 5.58. The number of hydrogen-bond donors (Lipinski definition) is 2. The van der Waals surface area contributed by atoms with Crippen molar-refractivity contribution in [2.24, 2.45) is 0 Å². The van der Waals surface area contributed by atoms with Gasteiger partial charge >= 0.3 is 5.97 Å². The number of aromatic nitrogens is 3. The highest BCUT2D eigenvalue weighted by Gasteiger charge is 2.18. The van der Waals surface area contributed by atoms with Gasteiger partial charge in [-0.25, -0.2) is 9.48 Å². The Balaban J connectivity index is 2.79. The fourth-order valence-electron chi connectivity index (χ4n) is 0.659. The van der Waals surface area contributed by atoms with Crippen LogP contribution in [0.5, 0.6) is 0 Å². The molecule has 0 saturated heterocycles.